The molecule has 7 heteroatoms. The van der Waals surface area contributed by atoms with Crippen LogP contribution in [0.1, 0.15) is 38.7 Å². The lowest BCUT2D eigenvalue weighted by molar-refractivity contribution is 0.0953. The number of fused-ring (bicyclic) bond motifs is 1. The molecule has 3 aromatic rings. The number of amides is 1. The highest BCUT2D eigenvalue weighted by molar-refractivity contribution is 5.93. The second-order valence-corrected chi connectivity index (χ2v) is 7.88. The standard InChI is InChI=1S/C23H28N6O/c1-17-5-6-19(14-18(17)2)16-28-11-8-22-27-26-21(29(22)13-12-28)7-10-25-23(30)20-4-3-9-24-15-20/h3-6,9,14-15H,7-8,10-13,16H2,1-2H3,(H,25,30). The third kappa shape index (κ3) is 4.74. The lowest BCUT2D eigenvalue weighted by atomic mass is 10.1. The Morgan fingerprint density at radius 3 is 2.80 bits per heavy atom. The van der Waals surface area contributed by atoms with Crippen LogP contribution in [0.2, 0.25) is 0 Å². The molecule has 0 atom stereocenters. The summed E-state index contributed by atoms with van der Waals surface area (Å²) in [6, 6.07) is 10.2. The van der Waals surface area contributed by atoms with E-state index in [9.17, 15) is 4.79 Å². The first-order valence-corrected chi connectivity index (χ1v) is 10.5. The van der Waals surface area contributed by atoms with Crippen molar-refractivity contribution in [1.82, 2.24) is 30.0 Å². The number of carbonyl (C=O) groups is 1. The molecule has 1 aliphatic heterocycles. The van der Waals surface area contributed by atoms with Gasteiger partial charge < -0.3 is 9.88 Å². The lowest BCUT2D eigenvalue weighted by Gasteiger charge is -2.20. The molecule has 3 heterocycles. The highest BCUT2D eigenvalue weighted by atomic mass is 16.1. The van der Waals surface area contributed by atoms with Crippen molar-refractivity contribution in [2.75, 3.05) is 19.6 Å². The number of nitrogens with zero attached hydrogens (tertiary/aromatic N) is 5. The molecule has 0 spiro atoms. The van der Waals surface area contributed by atoms with Gasteiger partial charge in [-0.15, -0.1) is 10.2 Å². The van der Waals surface area contributed by atoms with Gasteiger partial charge in [0.05, 0.1) is 5.56 Å². The molecular formula is C23H28N6O. The van der Waals surface area contributed by atoms with Gasteiger partial charge in [0.2, 0.25) is 0 Å². The number of aromatic nitrogens is 4. The first kappa shape index (κ1) is 20.2. The maximum atomic E-state index is 12.2. The summed E-state index contributed by atoms with van der Waals surface area (Å²) in [5.41, 5.74) is 4.60. The fourth-order valence-corrected chi connectivity index (χ4v) is 3.82. The quantitative estimate of drug-likeness (QED) is 0.682. The van der Waals surface area contributed by atoms with Crippen molar-refractivity contribution in [3.63, 3.8) is 0 Å². The summed E-state index contributed by atoms with van der Waals surface area (Å²) in [4.78, 5) is 18.6. The first-order chi connectivity index (χ1) is 14.6. The number of hydrogen-bond acceptors (Lipinski definition) is 5. The Bertz CT molecular complexity index is 1010. The van der Waals surface area contributed by atoms with Crippen LogP contribution in [0.15, 0.2) is 42.7 Å². The van der Waals surface area contributed by atoms with Crippen LogP contribution in [-0.2, 0) is 25.9 Å². The van der Waals surface area contributed by atoms with Crippen LogP contribution in [-0.4, -0.2) is 50.2 Å². The molecule has 1 aliphatic rings. The summed E-state index contributed by atoms with van der Waals surface area (Å²) in [6.45, 7) is 8.61. The third-order valence-corrected chi connectivity index (χ3v) is 5.73. The maximum absolute atomic E-state index is 12.2. The molecule has 7 nitrogen and oxygen atoms in total. The van der Waals surface area contributed by atoms with Gasteiger partial charge in [0.1, 0.15) is 11.6 Å². The first-order valence-electron chi connectivity index (χ1n) is 10.5. The Hall–Kier alpha value is -3.06. The molecule has 0 aliphatic carbocycles. The van der Waals surface area contributed by atoms with Crippen molar-refractivity contribution >= 4 is 5.91 Å². The summed E-state index contributed by atoms with van der Waals surface area (Å²) < 4.78 is 2.22. The Balaban J connectivity index is 1.32. The molecular weight excluding hydrogens is 376 g/mol. The van der Waals surface area contributed by atoms with E-state index < -0.39 is 0 Å². The van der Waals surface area contributed by atoms with Gasteiger partial charge in [0.25, 0.3) is 5.91 Å². The highest BCUT2D eigenvalue weighted by Crippen LogP contribution is 2.15. The predicted octanol–water partition coefficient (Wildman–Crippen LogP) is 2.32. The van der Waals surface area contributed by atoms with E-state index in [-0.39, 0.29) is 5.91 Å². The molecule has 0 unspecified atom stereocenters. The second kappa shape index (κ2) is 9.17. The normalized spacial score (nSPS) is 14.2. The fraction of sp³-hybridized carbons (Fsp3) is 0.391. The molecule has 1 N–H and O–H groups in total. The molecule has 30 heavy (non-hydrogen) atoms. The number of hydrogen-bond donors (Lipinski definition) is 1. The van der Waals surface area contributed by atoms with Crippen molar-refractivity contribution in [2.24, 2.45) is 0 Å². The van der Waals surface area contributed by atoms with Gasteiger partial charge >= 0.3 is 0 Å². The van der Waals surface area contributed by atoms with Crippen molar-refractivity contribution in [2.45, 2.75) is 39.8 Å². The maximum Gasteiger partial charge on any atom is 0.252 e. The lowest BCUT2D eigenvalue weighted by Crippen LogP contribution is -2.28. The van der Waals surface area contributed by atoms with Gasteiger partial charge in [0.15, 0.2) is 0 Å². The summed E-state index contributed by atoms with van der Waals surface area (Å²) in [6.07, 6.45) is 4.78. The van der Waals surface area contributed by atoms with Crippen LogP contribution in [0, 0.1) is 13.8 Å². The molecule has 0 radical (unpaired) electrons. The third-order valence-electron chi connectivity index (χ3n) is 5.73. The minimum Gasteiger partial charge on any atom is -0.352 e. The van der Waals surface area contributed by atoms with Gasteiger partial charge in [-0.2, -0.15) is 0 Å². The Morgan fingerprint density at radius 1 is 1.10 bits per heavy atom. The molecule has 0 saturated carbocycles. The number of nitrogens with one attached hydrogen (secondary N) is 1. The van der Waals surface area contributed by atoms with E-state index in [2.05, 4.69) is 62.0 Å². The predicted molar refractivity (Wildman–Crippen MR) is 115 cm³/mol. The summed E-state index contributed by atoms with van der Waals surface area (Å²) in [5.74, 6) is 1.86. The number of rotatable bonds is 6. The van der Waals surface area contributed by atoms with Gasteiger partial charge in [-0.3, -0.25) is 14.7 Å². The topological polar surface area (TPSA) is 75.9 Å². The zero-order valence-corrected chi connectivity index (χ0v) is 17.6. The molecule has 156 valence electrons. The summed E-state index contributed by atoms with van der Waals surface area (Å²) in [7, 11) is 0. The van der Waals surface area contributed by atoms with Gasteiger partial charge in [-0.05, 0) is 42.7 Å². The molecule has 1 aromatic carbocycles. The number of benzene rings is 1. The summed E-state index contributed by atoms with van der Waals surface area (Å²) >= 11 is 0. The van der Waals surface area contributed by atoms with Gasteiger partial charge in [-0.25, -0.2) is 0 Å². The van der Waals surface area contributed by atoms with E-state index in [1.807, 2.05) is 0 Å². The van der Waals surface area contributed by atoms with E-state index in [1.54, 1.807) is 24.5 Å². The van der Waals surface area contributed by atoms with Crippen LogP contribution in [0.5, 0.6) is 0 Å². The molecule has 0 saturated heterocycles. The van der Waals surface area contributed by atoms with Crippen LogP contribution in [0.4, 0.5) is 0 Å². The van der Waals surface area contributed by atoms with E-state index in [0.29, 0.717) is 18.5 Å². The Labute approximate surface area is 177 Å². The van der Waals surface area contributed by atoms with Crippen LogP contribution in [0.25, 0.3) is 0 Å². The SMILES string of the molecule is Cc1ccc(CN2CCc3nnc(CCNC(=O)c4cccnc4)n3CC2)cc1C. The zero-order valence-electron chi connectivity index (χ0n) is 17.6. The van der Waals surface area contributed by atoms with Gasteiger partial charge in [-0.1, -0.05) is 18.2 Å². The molecule has 2 aromatic heterocycles. The molecule has 0 fully saturated rings. The van der Waals surface area contributed by atoms with Crippen LogP contribution >= 0.6 is 0 Å². The van der Waals surface area contributed by atoms with E-state index in [4.69, 9.17) is 0 Å². The molecule has 4 rings (SSSR count). The minimum absolute atomic E-state index is 0.113. The van der Waals surface area contributed by atoms with Gasteiger partial charge in [0, 0.05) is 58.0 Å². The fourth-order valence-electron chi connectivity index (χ4n) is 3.82. The van der Waals surface area contributed by atoms with Crippen LogP contribution < -0.4 is 5.32 Å². The van der Waals surface area contributed by atoms with Crippen molar-refractivity contribution in [3.05, 3.63) is 76.6 Å². The molecule has 0 bridgehead atoms. The van der Waals surface area contributed by atoms with Crippen LogP contribution in [0.3, 0.4) is 0 Å². The zero-order chi connectivity index (χ0) is 20.9. The Kier molecular flexibility index (Phi) is 6.18. The van der Waals surface area contributed by atoms with E-state index >= 15 is 0 Å². The van der Waals surface area contributed by atoms with Crippen molar-refractivity contribution in [3.8, 4) is 0 Å². The largest absolute Gasteiger partial charge is 0.352 e. The monoisotopic (exact) mass is 404 g/mol. The van der Waals surface area contributed by atoms with E-state index in [1.165, 1.54) is 16.7 Å². The molecule has 1 amide bonds. The number of aryl methyl sites for hydroxylation is 2. The smallest absolute Gasteiger partial charge is 0.252 e. The van der Waals surface area contributed by atoms with E-state index in [0.717, 1.165) is 44.2 Å². The van der Waals surface area contributed by atoms with Crippen molar-refractivity contribution in [1.29, 1.82) is 0 Å². The average Bonchev–Trinajstić information content (AvgIpc) is 3.03. The van der Waals surface area contributed by atoms with Crippen molar-refractivity contribution < 1.29 is 4.79 Å². The highest BCUT2D eigenvalue weighted by Gasteiger charge is 2.19. The summed E-state index contributed by atoms with van der Waals surface area (Å²) in [5, 5.41) is 11.7. The number of carbonyl (C=O) groups excluding carboxylic acids is 1. The average molecular weight is 405 g/mol. The Morgan fingerprint density at radius 2 is 2.00 bits per heavy atom. The number of pyridine rings is 1. The second-order valence-electron chi connectivity index (χ2n) is 7.88. The minimum atomic E-state index is -0.113.